The number of rotatable bonds is 1. The van der Waals surface area contributed by atoms with E-state index in [1.807, 2.05) is 6.92 Å². The monoisotopic (exact) mass is 149 g/mol. The van der Waals surface area contributed by atoms with E-state index in [-0.39, 0.29) is 0 Å². The standard InChI is InChI=1S/C10H15N/c1-3-5-6-10-8-11-7-9(10)4-2/h3-6,11H,7-8H2,1-2H3/b5-3-,9-4-,10-6-. The predicted octanol–water partition coefficient (Wildman–Crippen LogP) is 2.04. The van der Waals surface area contributed by atoms with Crippen molar-refractivity contribution in [3.8, 4) is 0 Å². The van der Waals surface area contributed by atoms with Gasteiger partial charge in [0.15, 0.2) is 0 Å². The molecule has 1 N–H and O–H groups in total. The van der Waals surface area contributed by atoms with Crippen LogP contribution in [-0.4, -0.2) is 13.1 Å². The Morgan fingerprint density at radius 1 is 1.18 bits per heavy atom. The van der Waals surface area contributed by atoms with Crippen LogP contribution in [0.4, 0.5) is 0 Å². The second-order valence-corrected chi connectivity index (χ2v) is 2.64. The molecule has 1 aliphatic rings. The van der Waals surface area contributed by atoms with Crippen molar-refractivity contribution in [2.24, 2.45) is 0 Å². The van der Waals surface area contributed by atoms with Gasteiger partial charge in [-0.1, -0.05) is 24.3 Å². The molecule has 11 heavy (non-hydrogen) atoms. The van der Waals surface area contributed by atoms with Crippen molar-refractivity contribution >= 4 is 0 Å². The summed E-state index contributed by atoms with van der Waals surface area (Å²) in [5, 5.41) is 3.31. The van der Waals surface area contributed by atoms with Gasteiger partial charge >= 0.3 is 0 Å². The van der Waals surface area contributed by atoms with Crippen LogP contribution in [0.5, 0.6) is 0 Å². The zero-order valence-electron chi connectivity index (χ0n) is 7.22. The van der Waals surface area contributed by atoms with E-state index in [1.165, 1.54) is 11.1 Å². The van der Waals surface area contributed by atoms with Crippen LogP contribution in [0.25, 0.3) is 0 Å². The molecule has 0 saturated carbocycles. The minimum absolute atomic E-state index is 1.02. The summed E-state index contributed by atoms with van der Waals surface area (Å²) < 4.78 is 0. The van der Waals surface area contributed by atoms with Gasteiger partial charge in [-0.15, -0.1) is 0 Å². The summed E-state index contributed by atoms with van der Waals surface area (Å²) in [5.41, 5.74) is 2.86. The van der Waals surface area contributed by atoms with Crippen LogP contribution in [-0.2, 0) is 0 Å². The number of hydrogen-bond acceptors (Lipinski definition) is 1. The first-order valence-corrected chi connectivity index (χ1v) is 4.06. The van der Waals surface area contributed by atoms with Crippen LogP contribution in [0.3, 0.4) is 0 Å². The van der Waals surface area contributed by atoms with Crippen molar-refractivity contribution in [3.05, 3.63) is 35.5 Å². The van der Waals surface area contributed by atoms with E-state index in [0.29, 0.717) is 0 Å². The summed E-state index contributed by atoms with van der Waals surface area (Å²) in [7, 11) is 0. The van der Waals surface area contributed by atoms with E-state index in [4.69, 9.17) is 0 Å². The molecule has 1 saturated heterocycles. The van der Waals surface area contributed by atoms with Gasteiger partial charge in [0, 0.05) is 13.1 Å². The van der Waals surface area contributed by atoms with Gasteiger partial charge in [-0.05, 0) is 25.0 Å². The van der Waals surface area contributed by atoms with Gasteiger partial charge in [0.25, 0.3) is 0 Å². The Labute approximate surface area is 68.5 Å². The van der Waals surface area contributed by atoms with Crippen molar-refractivity contribution in [2.45, 2.75) is 13.8 Å². The highest BCUT2D eigenvalue weighted by molar-refractivity contribution is 5.39. The molecule has 0 spiro atoms. The van der Waals surface area contributed by atoms with E-state index in [9.17, 15) is 0 Å². The molecule has 0 atom stereocenters. The second-order valence-electron chi connectivity index (χ2n) is 2.64. The third kappa shape index (κ3) is 2.05. The van der Waals surface area contributed by atoms with Crippen LogP contribution in [0.15, 0.2) is 35.5 Å². The van der Waals surface area contributed by atoms with Gasteiger partial charge in [-0.3, -0.25) is 0 Å². The highest BCUT2D eigenvalue weighted by Crippen LogP contribution is 2.13. The zero-order valence-corrected chi connectivity index (χ0v) is 7.22. The molecule has 1 heteroatoms. The van der Waals surface area contributed by atoms with Crippen LogP contribution < -0.4 is 5.32 Å². The quantitative estimate of drug-likeness (QED) is 0.601. The molecule has 1 fully saturated rings. The average molecular weight is 149 g/mol. The zero-order chi connectivity index (χ0) is 8.10. The molecule has 0 amide bonds. The SMILES string of the molecule is C\C=C/C=C1/CNC/C1=C/C. The largest absolute Gasteiger partial charge is 0.309 e. The molecular weight excluding hydrogens is 134 g/mol. The first kappa shape index (κ1) is 8.28. The molecule has 0 radical (unpaired) electrons. The third-order valence-corrected chi connectivity index (χ3v) is 1.88. The van der Waals surface area contributed by atoms with Gasteiger partial charge in [-0.25, -0.2) is 0 Å². The van der Waals surface area contributed by atoms with Crippen LogP contribution in [0.1, 0.15) is 13.8 Å². The minimum atomic E-state index is 1.02. The lowest BCUT2D eigenvalue weighted by Crippen LogP contribution is -2.04. The summed E-state index contributed by atoms with van der Waals surface area (Å²) in [6.45, 7) is 6.17. The highest BCUT2D eigenvalue weighted by Gasteiger charge is 2.09. The summed E-state index contributed by atoms with van der Waals surface area (Å²) >= 11 is 0. The fourth-order valence-corrected chi connectivity index (χ4v) is 1.22. The topological polar surface area (TPSA) is 12.0 Å². The van der Waals surface area contributed by atoms with Crippen molar-refractivity contribution in [1.82, 2.24) is 5.32 Å². The summed E-state index contributed by atoms with van der Waals surface area (Å²) in [5.74, 6) is 0. The number of allylic oxidation sites excluding steroid dienone is 4. The summed E-state index contributed by atoms with van der Waals surface area (Å²) in [6, 6.07) is 0. The number of nitrogens with one attached hydrogen (secondary N) is 1. The van der Waals surface area contributed by atoms with E-state index >= 15 is 0 Å². The molecule has 0 aliphatic carbocycles. The van der Waals surface area contributed by atoms with Gasteiger partial charge in [0.1, 0.15) is 0 Å². The smallest absolute Gasteiger partial charge is 0.0211 e. The minimum Gasteiger partial charge on any atom is -0.309 e. The lowest BCUT2D eigenvalue weighted by molar-refractivity contribution is 0.894. The van der Waals surface area contributed by atoms with E-state index < -0.39 is 0 Å². The normalized spacial score (nSPS) is 26.0. The van der Waals surface area contributed by atoms with Gasteiger partial charge in [0.05, 0.1) is 0 Å². The molecule has 0 bridgehead atoms. The molecular formula is C10H15N. The number of hydrogen-bond donors (Lipinski definition) is 1. The molecule has 60 valence electrons. The summed E-state index contributed by atoms with van der Waals surface area (Å²) in [4.78, 5) is 0. The Bertz CT molecular complexity index is 209. The van der Waals surface area contributed by atoms with E-state index in [1.54, 1.807) is 0 Å². The van der Waals surface area contributed by atoms with Crippen molar-refractivity contribution in [1.29, 1.82) is 0 Å². The van der Waals surface area contributed by atoms with Crippen LogP contribution in [0, 0.1) is 0 Å². The molecule has 0 aromatic carbocycles. The second kappa shape index (κ2) is 4.14. The van der Waals surface area contributed by atoms with Crippen molar-refractivity contribution in [3.63, 3.8) is 0 Å². The maximum atomic E-state index is 3.31. The molecule has 1 heterocycles. The van der Waals surface area contributed by atoms with Crippen molar-refractivity contribution in [2.75, 3.05) is 13.1 Å². The molecule has 0 unspecified atom stereocenters. The molecule has 0 aromatic heterocycles. The highest BCUT2D eigenvalue weighted by atomic mass is 14.9. The van der Waals surface area contributed by atoms with Crippen molar-refractivity contribution < 1.29 is 0 Å². The van der Waals surface area contributed by atoms with Gasteiger partial charge in [-0.2, -0.15) is 0 Å². The lowest BCUT2D eigenvalue weighted by atomic mass is 10.1. The molecule has 1 nitrogen and oxygen atoms in total. The summed E-state index contributed by atoms with van der Waals surface area (Å²) in [6.07, 6.45) is 8.50. The maximum absolute atomic E-state index is 3.31. The third-order valence-electron chi connectivity index (χ3n) is 1.88. The first-order chi connectivity index (χ1) is 5.38. The average Bonchev–Trinajstić information content (AvgIpc) is 2.47. The Kier molecular flexibility index (Phi) is 3.12. The Morgan fingerprint density at radius 3 is 2.55 bits per heavy atom. The Morgan fingerprint density at radius 2 is 1.91 bits per heavy atom. The Balaban J connectivity index is 2.71. The molecule has 1 aliphatic heterocycles. The fraction of sp³-hybridized carbons (Fsp3) is 0.400. The van der Waals surface area contributed by atoms with E-state index in [2.05, 4.69) is 36.5 Å². The van der Waals surface area contributed by atoms with Crippen LogP contribution >= 0.6 is 0 Å². The molecule has 1 rings (SSSR count). The van der Waals surface area contributed by atoms with E-state index in [0.717, 1.165) is 13.1 Å². The molecule has 0 aromatic rings. The lowest BCUT2D eigenvalue weighted by Gasteiger charge is -1.94. The predicted molar refractivity (Wildman–Crippen MR) is 49.5 cm³/mol. The van der Waals surface area contributed by atoms with Gasteiger partial charge < -0.3 is 5.32 Å². The first-order valence-electron chi connectivity index (χ1n) is 4.06. The Hall–Kier alpha value is -0.820. The maximum Gasteiger partial charge on any atom is 0.0211 e. The fourth-order valence-electron chi connectivity index (χ4n) is 1.22. The van der Waals surface area contributed by atoms with Gasteiger partial charge in [0.2, 0.25) is 0 Å². The van der Waals surface area contributed by atoms with Crippen LogP contribution in [0.2, 0.25) is 0 Å².